The molecule has 1 saturated heterocycles. The number of alkyl halides is 3. The summed E-state index contributed by atoms with van der Waals surface area (Å²) in [5.41, 5.74) is 1.54. The van der Waals surface area contributed by atoms with Gasteiger partial charge in [0.2, 0.25) is 10.0 Å². The van der Waals surface area contributed by atoms with E-state index in [1.807, 2.05) is 25.1 Å². The van der Waals surface area contributed by atoms with Crippen molar-refractivity contribution < 1.29 is 31.1 Å². The van der Waals surface area contributed by atoms with Crippen LogP contribution in [-0.4, -0.2) is 37.9 Å². The van der Waals surface area contributed by atoms with Crippen LogP contribution in [0.25, 0.3) is 0 Å². The molecule has 0 radical (unpaired) electrons. The van der Waals surface area contributed by atoms with Gasteiger partial charge in [0.25, 0.3) is 0 Å². The maximum atomic E-state index is 13.1. The third kappa shape index (κ3) is 4.18. The second-order valence-corrected chi connectivity index (χ2v) is 10.1. The lowest BCUT2D eigenvalue weighted by atomic mass is 10.0. The minimum atomic E-state index is -4.69. The van der Waals surface area contributed by atoms with Gasteiger partial charge in [0.15, 0.2) is 0 Å². The standard InChI is InChI=1S/C21H20ClF3N2O4S/c1-13-2-5-18-14(10-13)12-31-20(28)27(18)16-6-8-26(9-7-16)32(29,30)19-11-15(21(23,24)25)3-4-17(19)22/h2-5,10-11,16H,6-9,12H2,1H3. The summed E-state index contributed by atoms with van der Waals surface area (Å²) >= 11 is 5.95. The normalized spacial score (nSPS) is 18.4. The number of ether oxygens (including phenoxy) is 1. The van der Waals surface area contributed by atoms with Gasteiger partial charge in [0, 0.05) is 24.7 Å². The lowest BCUT2D eigenvalue weighted by Gasteiger charge is -2.40. The van der Waals surface area contributed by atoms with Crippen molar-refractivity contribution in [2.45, 2.75) is 43.5 Å². The number of aryl methyl sites for hydroxylation is 1. The summed E-state index contributed by atoms with van der Waals surface area (Å²) in [6.45, 7) is 2.17. The Labute approximate surface area is 188 Å². The predicted molar refractivity (Wildman–Crippen MR) is 112 cm³/mol. The second-order valence-electron chi connectivity index (χ2n) is 7.83. The molecule has 0 saturated carbocycles. The van der Waals surface area contributed by atoms with Crippen molar-refractivity contribution in [2.75, 3.05) is 18.0 Å². The Kier molecular flexibility index (Phi) is 5.89. The quantitative estimate of drug-likeness (QED) is 0.611. The van der Waals surface area contributed by atoms with Crippen LogP contribution in [0.3, 0.4) is 0 Å². The van der Waals surface area contributed by atoms with E-state index in [1.54, 1.807) is 4.90 Å². The Balaban J connectivity index is 1.55. The van der Waals surface area contributed by atoms with Crippen molar-refractivity contribution in [3.05, 3.63) is 58.1 Å². The number of rotatable bonds is 3. The van der Waals surface area contributed by atoms with Crippen molar-refractivity contribution in [3.8, 4) is 0 Å². The van der Waals surface area contributed by atoms with E-state index >= 15 is 0 Å². The summed E-state index contributed by atoms with van der Waals surface area (Å²) in [5, 5.41) is -0.274. The fraction of sp³-hybridized carbons (Fsp3) is 0.381. The van der Waals surface area contributed by atoms with E-state index in [0.717, 1.165) is 33.3 Å². The van der Waals surface area contributed by atoms with Crippen LogP contribution in [0.15, 0.2) is 41.3 Å². The number of carbonyl (C=O) groups is 1. The number of amides is 1. The van der Waals surface area contributed by atoms with Crippen LogP contribution < -0.4 is 4.90 Å². The molecule has 6 nitrogen and oxygen atoms in total. The molecule has 2 aromatic rings. The largest absolute Gasteiger partial charge is 0.444 e. The summed E-state index contributed by atoms with van der Waals surface area (Å²) < 4.78 is 71.7. The minimum Gasteiger partial charge on any atom is -0.444 e. The molecule has 11 heteroatoms. The van der Waals surface area contributed by atoms with Gasteiger partial charge in [0.1, 0.15) is 11.5 Å². The molecule has 4 rings (SSSR count). The molecule has 2 aromatic carbocycles. The van der Waals surface area contributed by atoms with Crippen LogP contribution in [0.2, 0.25) is 5.02 Å². The molecule has 1 fully saturated rings. The number of piperidine rings is 1. The Hall–Kier alpha value is -2.30. The van der Waals surface area contributed by atoms with Gasteiger partial charge in [-0.25, -0.2) is 13.2 Å². The highest BCUT2D eigenvalue weighted by Crippen LogP contribution is 2.36. The van der Waals surface area contributed by atoms with Gasteiger partial charge >= 0.3 is 12.3 Å². The highest BCUT2D eigenvalue weighted by atomic mass is 35.5. The third-order valence-electron chi connectivity index (χ3n) is 5.71. The first kappa shape index (κ1) is 22.9. The number of sulfonamides is 1. The molecule has 0 aliphatic carbocycles. The molecular formula is C21H20ClF3N2O4S. The average molecular weight is 489 g/mol. The number of halogens is 4. The molecule has 0 N–H and O–H groups in total. The van der Waals surface area contributed by atoms with Crippen LogP contribution in [0.1, 0.15) is 29.5 Å². The van der Waals surface area contributed by atoms with Crippen molar-refractivity contribution in [3.63, 3.8) is 0 Å². The first-order valence-electron chi connectivity index (χ1n) is 9.91. The number of cyclic esters (lactones) is 1. The number of anilines is 1. The topological polar surface area (TPSA) is 66.9 Å². The molecule has 0 atom stereocenters. The van der Waals surface area contributed by atoms with Crippen LogP contribution in [0, 0.1) is 6.92 Å². The minimum absolute atomic E-state index is 0.0323. The van der Waals surface area contributed by atoms with E-state index in [2.05, 4.69) is 0 Å². The van der Waals surface area contributed by atoms with Gasteiger partial charge in [0.05, 0.1) is 16.3 Å². The SMILES string of the molecule is Cc1ccc2c(c1)COC(=O)N2C1CCN(S(=O)(=O)c2cc(C(F)(F)F)ccc2Cl)CC1. The Morgan fingerprint density at radius 2 is 1.78 bits per heavy atom. The smallest absolute Gasteiger partial charge is 0.416 e. The molecule has 2 aliphatic heterocycles. The van der Waals surface area contributed by atoms with Crippen LogP contribution >= 0.6 is 11.6 Å². The van der Waals surface area contributed by atoms with E-state index < -0.39 is 32.8 Å². The van der Waals surface area contributed by atoms with Gasteiger partial charge < -0.3 is 4.74 Å². The Bertz CT molecular complexity index is 1160. The fourth-order valence-corrected chi connectivity index (χ4v) is 6.05. The molecule has 0 spiro atoms. The zero-order chi connectivity index (χ0) is 23.3. The lowest BCUT2D eigenvalue weighted by molar-refractivity contribution is -0.137. The number of benzene rings is 2. The van der Waals surface area contributed by atoms with Crippen LogP contribution in [-0.2, 0) is 27.5 Å². The number of hydrogen-bond acceptors (Lipinski definition) is 4. The molecule has 2 aliphatic rings. The number of hydrogen-bond donors (Lipinski definition) is 0. The summed E-state index contributed by atoms with van der Waals surface area (Å²) in [6, 6.07) is 7.61. The van der Waals surface area contributed by atoms with E-state index in [9.17, 15) is 26.4 Å². The maximum Gasteiger partial charge on any atom is 0.416 e. The van der Waals surface area contributed by atoms with Gasteiger partial charge in [-0.15, -0.1) is 0 Å². The summed E-state index contributed by atoms with van der Waals surface area (Å²) in [4.78, 5) is 13.4. The maximum absolute atomic E-state index is 13.1. The van der Waals surface area contributed by atoms with Crippen LogP contribution in [0.5, 0.6) is 0 Å². The predicted octanol–water partition coefficient (Wildman–Crippen LogP) is 4.98. The van der Waals surface area contributed by atoms with Gasteiger partial charge in [-0.3, -0.25) is 4.90 Å². The number of fused-ring (bicyclic) bond motifs is 1. The highest BCUT2D eigenvalue weighted by Gasteiger charge is 2.39. The zero-order valence-electron chi connectivity index (χ0n) is 17.0. The van der Waals surface area contributed by atoms with Crippen LogP contribution in [0.4, 0.5) is 23.7 Å². The van der Waals surface area contributed by atoms with Crippen molar-refractivity contribution in [1.29, 1.82) is 0 Å². The average Bonchev–Trinajstić information content (AvgIpc) is 2.73. The fourth-order valence-electron chi connectivity index (χ4n) is 4.08. The summed E-state index contributed by atoms with van der Waals surface area (Å²) in [5.74, 6) is 0. The van der Waals surface area contributed by atoms with E-state index in [1.165, 1.54) is 0 Å². The summed E-state index contributed by atoms with van der Waals surface area (Å²) in [6.07, 6.45) is -4.58. The zero-order valence-corrected chi connectivity index (χ0v) is 18.6. The summed E-state index contributed by atoms with van der Waals surface area (Å²) in [7, 11) is -4.24. The van der Waals surface area contributed by atoms with Gasteiger partial charge in [-0.2, -0.15) is 17.5 Å². The first-order chi connectivity index (χ1) is 15.0. The Morgan fingerprint density at radius 3 is 2.44 bits per heavy atom. The molecule has 0 bridgehead atoms. The van der Waals surface area contributed by atoms with E-state index in [4.69, 9.17) is 16.3 Å². The molecule has 0 unspecified atom stereocenters. The lowest BCUT2D eigenvalue weighted by Crippen LogP contribution is -2.50. The molecular weight excluding hydrogens is 469 g/mol. The number of nitrogens with zero attached hydrogens (tertiary/aromatic N) is 2. The molecule has 172 valence electrons. The third-order valence-corrected chi connectivity index (χ3v) is 8.09. The highest BCUT2D eigenvalue weighted by molar-refractivity contribution is 7.89. The molecule has 1 amide bonds. The van der Waals surface area contributed by atoms with Crippen molar-refractivity contribution in [1.82, 2.24) is 4.31 Å². The van der Waals surface area contributed by atoms with Gasteiger partial charge in [-0.1, -0.05) is 29.3 Å². The molecule has 0 aromatic heterocycles. The van der Waals surface area contributed by atoms with Crippen molar-refractivity contribution in [2.24, 2.45) is 0 Å². The van der Waals surface area contributed by atoms with E-state index in [-0.39, 0.29) is 30.8 Å². The molecule has 2 heterocycles. The second kappa shape index (κ2) is 8.24. The number of carbonyl (C=O) groups excluding carboxylic acids is 1. The van der Waals surface area contributed by atoms with Gasteiger partial charge in [-0.05, 0) is 44.0 Å². The first-order valence-corrected chi connectivity index (χ1v) is 11.7. The van der Waals surface area contributed by atoms with Crippen molar-refractivity contribution >= 4 is 33.4 Å². The monoisotopic (exact) mass is 488 g/mol. The van der Waals surface area contributed by atoms with E-state index in [0.29, 0.717) is 18.9 Å². The Morgan fingerprint density at radius 1 is 1.09 bits per heavy atom. The molecule has 32 heavy (non-hydrogen) atoms.